The summed E-state index contributed by atoms with van der Waals surface area (Å²) < 4.78 is 19.4. The van der Waals surface area contributed by atoms with E-state index in [9.17, 15) is 4.79 Å². The highest BCUT2D eigenvalue weighted by molar-refractivity contribution is 5.82. The maximum absolute atomic E-state index is 12.5. The zero-order valence-corrected chi connectivity index (χ0v) is 25.0. The third kappa shape index (κ3) is 6.81. The van der Waals surface area contributed by atoms with Gasteiger partial charge in [0, 0.05) is 48.2 Å². The zero-order valence-electron chi connectivity index (χ0n) is 25.0. The number of carbonyl (C=O) groups is 1. The van der Waals surface area contributed by atoms with Crippen molar-refractivity contribution in [2.75, 3.05) is 25.0 Å². The second-order valence-electron chi connectivity index (χ2n) is 12.5. The van der Waals surface area contributed by atoms with E-state index in [1.165, 1.54) is 0 Å². The van der Waals surface area contributed by atoms with Crippen molar-refractivity contribution in [3.8, 4) is 28.3 Å². The number of amides is 1. The molecule has 1 fully saturated rings. The van der Waals surface area contributed by atoms with E-state index in [1.54, 1.807) is 4.90 Å². The van der Waals surface area contributed by atoms with E-state index >= 15 is 0 Å². The number of rotatable bonds is 6. The van der Waals surface area contributed by atoms with E-state index in [-0.39, 0.29) is 17.7 Å². The maximum atomic E-state index is 12.5. The molecule has 10 nitrogen and oxygen atoms in total. The van der Waals surface area contributed by atoms with Gasteiger partial charge in [-0.05, 0) is 79.5 Å². The van der Waals surface area contributed by atoms with Gasteiger partial charge in [0.2, 0.25) is 5.89 Å². The van der Waals surface area contributed by atoms with Crippen LogP contribution in [0.4, 0.5) is 10.6 Å². The molecule has 1 amide bonds. The summed E-state index contributed by atoms with van der Waals surface area (Å²) in [5, 5.41) is 8.17. The van der Waals surface area contributed by atoms with Gasteiger partial charge in [-0.1, -0.05) is 0 Å². The lowest BCUT2D eigenvalue weighted by Gasteiger charge is -2.33. The number of pyridine rings is 1. The number of carbonyl (C=O) groups excluding carboxylic acids is 1. The van der Waals surface area contributed by atoms with Crippen LogP contribution < -0.4 is 10.1 Å². The number of anilines is 1. The Morgan fingerprint density at radius 1 is 1.07 bits per heavy atom. The highest BCUT2D eigenvalue weighted by Crippen LogP contribution is 2.35. The van der Waals surface area contributed by atoms with Crippen LogP contribution >= 0.6 is 0 Å². The van der Waals surface area contributed by atoms with E-state index in [0.717, 1.165) is 40.8 Å². The van der Waals surface area contributed by atoms with E-state index in [0.29, 0.717) is 37.0 Å². The second-order valence-corrected chi connectivity index (χ2v) is 12.5. The molecule has 0 saturated carbocycles. The van der Waals surface area contributed by atoms with Gasteiger partial charge in [0.15, 0.2) is 5.58 Å². The Morgan fingerprint density at radius 2 is 1.83 bits per heavy atom. The van der Waals surface area contributed by atoms with Gasteiger partial charge in [-0.15, -0.1) is 0 Å². The fourth-order valence-corrected chi connectivity index (χ4v) is 4.85. The molecule has 1 aliphatic rings. The lowest BCUT2D eigenvalue weighted by molar-refractivity contribution is 0.0185. The van der Waals surface area contributed by atoms with E-state index in [2.05, 4.69) is 31.2 Å². The predicted octanol–water partition coefficient (Wildman–Crippen LogP) is 6.93. The molecule has 0 radical (unpaired) electrons. The quantitative estimate of drug-likeness (QED) is 0.270. The molecule has 0 aliphatic carbocycles. The fourth-order valence-electron chi connectivity index (χ4n) is 4.85. The van der Waals surface area contributed by atoms with Gasteiger partial charge in [-0.2, -0.15) is 5.10 Å². The molecule has 0 bridgehead atoms. The Morgan fingerprint density at radius 3 is 2.51 bits per heavy atom. The Labute approximate surface area is 241 Å². The minimum absolute atomic E-state index is 0.202. The molecule has 1 N–H and O–H groups in total. The molecule has 1 saturated heterocycles. The summed E-state index contributed by atoms with van der Waals surface area (Å²) in [5.74, 6) is 1.93. The molecule has 0 atom stereocenters. The zero-order chi connectivity index (χ0) is 29.4. The highest BCUT2D eigenvalue weighted by atomic mass is 16.6. The average molecular weight is 561 g/mol. The monoisotopic (exact) mass is 560 g/mol. The van der Waals surface area contributed by atoms with Gasteiger partial charge >= 0.3 is 6.09 Å². The number of piperidine rings is 1. The SMILES string of the molecule is CCOc1ccc2oc(-c3cc(-c4cnn(C5CCN(C(=O)OC(C)(C)C)CC5)c4)cnc3NC(C)(C)C)nc2c1. The van der Waals surface area contributed by atoms with Crippen molar-refractivity contribution in [1.29, 1.82) is 0 Å². The molecule has 10 heteroatoms. The first-order valence-electron chi connectivity index (χ1n) is 14.2. The van der Waals surface area contributed by atoms with Crippen molar-refractivity contribution < 1.29 is 18.7 Å². The number of likely N-dealkylation sites (tertiary alicyclic amines) is 1. The molecule has 1 aromatic carbocycles. The van der Waals surface area contributed by atoms with Crippen LogP contribution in [-0.2, 0) is 4.74 Å². The van der Waals surface area contributed by atoms with Gasteiger partial charge in [0.05, 0.1) is 24.4 Å². The smallest absolute Gasteiger partial charge is 0.410 e. The fraction of sp³-hybridized carbons (Fsp3) is 0.484. The van der Waals surface area contributed by atoms with Gasteiger partial charge in [0.1, 0.15) is 22.7 Å². The summed E-state index contributed by atoms with van der Waals surface area (Å²) in [5.41, 5.74) is 3.32. The predicted molar refractivity (Wildman–Crippen MR) is 159 cm³/mol. The van der Waals surface area contributed by atoms with Crippen molar-refractivity contribution in [3.05, 3.63) is 42.9 Å². The number of hydrogen-bond donors (Lipinski definition) is 1. The summed E-state index contributed by atoms with van der Waals surface area (Å²) in [6.45, 7) is 15.7. The molecule has 0 unspecified atom stereocenters. The highest BCUT2D eigenvalue weighted by Gasteiger charge is 2.28. The Balaban J connectivity index is 1.39. The van der Waals surface area contributed by atoms with Crippen molar-refractivity contribution in [2.24, 2.45) is 0 Å². The van der Waals surface area contributed by atoms with Gasteiger partial charge in [0.25, 0.3) is 0 Å². The Hall–Kier alpha value is -4.08. The Bertz CT molecular complexity index is 1520. The molecule has 218 valence electrons. The van der Waals surface area contributed by atoms with E-state index in [4.69, 9.17) is 23.9 Å². The molecule has 3 aromatic heterocycles. The normalized spacial score (nSPS) is 14.9. The first-order valence-corrected chi connectivity index (χ1v) is 14.2. The third-order valence-corrected chi connectivity index (χ3v) is 6.71. The minimum Gasteiger partial charge on any atom is -0.494 e. The number of aromatic nitrogens is 4. The number of nitrogens with one attached hydrogen (secondary N) is 1. The first kappa shape index (κ1) is 28.4. The summed E-state index contributed by atoms with van der Waals surface area (Å²) in [6, 6.07) is 7.90. The summed E-state index contributed by atoms with van der Waals surface area (Å²) >= 11 is 0. The molecular formula is C31H40N6O4. The van der Waals surface area contributed by atoms with Crippen molar-refractivity contribution in [3.63, 3.8) is 0 Å². The van der Waals surface area contributed by atoms with Crippen LogP contribution in [0.2, 0.25) is 0 Å². The van der Waals surface area contributed by atoms with Crippen molar-refractivity contribution >= 4 is 23.0 Å². The summed E-state index contributed by atoms with van der Waals surface area (Å²) in [4.78, 5) is 23.8. The van der Waals surface area contributed by atoms with Crippen LogP contribution in [0.25, 0.3) is 33.7 Å². The number of nitrogens with zero attached hydrogens (tertiary/aromatic N) is 5. The number of ether oxygens (including phenoxy) is 2. The van der Waals surface area contributed by atoms with Crippen LogP contribution in [0.15, 0.2) is 47.3 Å². The standard InChI is InChI=1S/C31H40N6O4/c1-8-39-23-9-10-26-25(16-23)34-28(40-26)24-15-20(17-32-27(24)35-30(2,3)4)21-18-33-37(19-21)22-11-13-36(14-12-22)29(38)41-31(5,6)7/h9-10,15-19,22H,8,11-14H2,1-7H3,(H,32,35). The molecule has 0 spiro atoms. The molecule has 1 aliphatic heterocycles. The summed E-state index contributed by atoms with van der Waals surface area (Å²) in [7, 11) is 0. The number of fused-ring (bicyclic) bond motifs is 1. The number of hydrogen-bond acceptors (Lipinski definition) is 8. The van der Waals surface area contributed by atoms with E-state index in [1.807, 2.05) is 75.2 Å². The molecule has 4 aromatic rings. The van der Waals surface area contributed by atoms with Crippen LogP contribution in [0.5, 0.6) is 5.75 Å². The lowest BCUT2D eigenvalue weighted by Crippen LogP contribution is -2.42. The van der Waals surface area contributed by atoms with Gasteiger partial charge < -0.3 is 24.1 Å². The van der Waals surface area contributed by atoms with E-state index < -0.39 is 5.60 Å². The largest absolute Gasteiger partial charge is 0.494 e. The van der Waals surface area contributed by atoms with Crippen molar-refractivity contribution in [2.45, 2.75) is 78.5 Å². The number of oxazole rings is 1. The minimum atomic E-state index is -0.500. The van der Waals surface area contributed by atoms with Crippen LogP contribution in [0, 0.1) is 0 Å². The second kappa shape index (κ2) is 11.1. The van der Waals surface area contributed by atoms with Crippen LogP contribution in [0.3, 0.4) is 0 Å². The van der Waals surface area contributed by atoms with Crippen molar-refractivity contribution in [1.82, 2.24) is 24.6 Å². The van der Waals surface area contributed by atoms with Gasteiger partial charge in [-0.3, -0.25) is 4.68 Å². The maximum Gasteiger partial charge on any atom is 0.410 e. The van der Waals surface area contributed by atoms with Crippen LogP contribution in [0.1, 0.15) is 67.3 Å². The third-order valence-electron chi connectivity index (χ3n) is 6.71. The average Bonchev–Trinajstić information content (AvgIpc) is 3.55. The Kier molecular flexibility index (Phi) is 7.68. The van der Waals surface area contributed by atoms with Crippen LogP contribution in [-0.4, -0.2) is 61.6 Å². The molecule has 5 rings (SSSR count). The molecular weight excluding hydrogens is 520 g/mol. The van der Waals surface area contributed by atoms with Gasteiger partial charge in [-0.25, -0.2) is 14.8 Å². The molecule has 41 heavy (non-hydrogen) atoms. The topological polar surface area (TPSA) is 108 Å². The molecule has 4 heterocycles. The lowest BCUT2D eigenvalue weighted by atomic mass is 10.0. The number of benzene rings is 1. The first-order chi connectivity index (χ1) is 19.4. The summed E-state index contributed by atoms with van der Waals surface area (Å²) in [6.07, 6.45) is 7.12.